The van der Waals surface area contributed by atoms with E-state index in [2.05, 4.69) is 15.5 Å². The van der Waals surface area contributed by atoms with Gasteiger partial charge in [0.1, 0.15) is 0 Å². The van der Waals surface area contributed by atoms with E-state index in [0.29, 0.717) is 11.8 Å². The topological polar surface area (TPSA) is 60.2 Å². The second kappa shape index (κ2) is 5.80. The molecule has 2 aliphatic heterocycles. The molecule has 1 aromatic rings. The molecular weight excluding hydrogens is 230 g/mol. The van der Waals surface area contributed by atoms with E-state index in [1.165, 1.54) is 0 Å². The summed E-state index contributed by atoms with van der Waals surface area (Å²) in [6, 6.07) is 0. The van der Waals surface area contributed by atoms with E-state index >= 15 is 0 Å². The van der Waals surface area contributed by atoms with Crippen LogP contribution in [0.3, 0.4) is 0 Å². The van der Waals surface area contributed by atoms with Crippen LogP contribution in [0.4, 0.5) is 0 Å². The van der Waals surface area contributed by atoms with Crippen molar-refractivity contribution in [3.63, 3.8) is 0 Å². The summed E-state index contributed by atoms with van der Waals surface area (Å²) in [5.41, 5.74) is 0. The summed E-state index contributed by atoms with van der Waals surface area (Å²) in [5, 5.41) is 7.52. The predicted molar refractivity (Wildman–Crippen MR) is 66.4 cm³/mol. The zero-order valence-electron chi connectivity index (χ0n) is 10.7. The first kappa shape index (κ1) is 12.1. The molecule has 0 atom stereocenters. The highest BCUT2D eigenvalue weighted by molar-refractivity contribution is 4.98. The van der Waals surface area contributed by atoms with Crippen LogP contribution in [0.2, 0.25) is 0 Å². The van der Waals surface area contributed by atoms with E-state index in [-0.39, 0.29) is 0 Å². The van der Waals surface area contributed by atoms with Gasteiger partial charge < -0.3 is 14.6 Å². The summed E-state index contributed by atoms with van der Waals surface area (Å²) in [5.74, 6) is 2.87. The van der Waals surface area contributed by atoms with Crippen LogP contribution in [0.25, 0.3) is 0 Å². The molecule has 18 heavy (non-hydrogen) atoms. The van der Waals surface area contributed by atoms with Crippen LogP contribution in [0.15, 0.2) is 4.52 Å². The van der Waals surface area contributed by atoms with Crippen LogP contribution in [0.1, 0.15) is 43.3 Å². The van der Waals surface area contributed by atoms with Gasteiger partial charge in [0.15, 0.2) is 5.82 Å². The summed E-state index contributed by atoms with van der Waals surface area (Å²) >= 11 is 0. The third-order valence-corrected chi connectivity index (χ3v) is 3.99. The van der Waals surface area contributed by atoms with Crippen LogP contribution >= 0.6 is 0 Å². The van der Waals surface area contributed by atoms with Crippen molar-refractivity contribution in [1.29, 1.82) is 0 Å². The molecule has 1 aromatic heterocycles. The number of hydrogen-bond donors (Lipinski definition) is 1. The minimum Gasteiger partial charge on any atom is -0.381 e. The van der Waals surface area contributed by atoms with E-state index in [4.69, 9.17) is 9.26 Å². The van der Waals surface area contributed by atoms with E-state index in [0.717, 1.165) is 70.1 Å². The lowest BCUT2D eigenvalue weighted by Gasteiger charge is -2.20. The zero-order chi connectivity index (χ0) is 12.2. The molecule has 3 heterocycles. The van der Waals surface area contributed by atoms with Crippen molar-refractivity contribution in [2.45, 2.75) is 38.0 Å². The van der Waals surface area contributed by atoms with Crippen LogP contribution in [0, 0.1) is 5.92 Å². The summed E-state index contributed by atoms with van der Waals surface area (Å²) in [6.07, 6.45) is 5.39. The Kier molecular flexibility index (Phi) is 3.90. The number of nitrogens with zero attached hydrogens (tertiary/aromatic N) is 2. The standard InChI is InChI=1S/C13H21N3O2/c1-5-14-6-2-11(1)13-15-12(18-16-13)9-10-3-7-17-8-4-10/h10-11,14H,1-9H2. The second-order valence-corrected chi connectivity index (χ2v) is 5.33. The molecule has 2 aliphatic rings. The second-order valence-electron chi connectivity index (χ2n) is 5.33. The first-order valence-corrected chi connectivity index (χ1v) is 7.03. The van der Waals surface area contributed by atoms with Gasteiger partial charge in [-0.05, 0) is 44.7 Å². The van der Waals surface area contributed by atoms with Gasteiger partial charge >= 0.3 is 0 Å². The Balaban J connectivity index is 1.58. The molecule has 0 bridgehead atoms. The number of piperidine rings is 1. The van der Waals surface area contributed by atoms with Crippen molar-refractivity contribution in [3.05, 3.63) is 11.7 Å². The zero-order valence-corrected chi connectivity index (χ0v) is 10.7. The molecule has 0 aliphatic carbocycles. The highest BCUT2D eigenvalue weighted by atomic mass is 16.5. The maximum atomic E-state index is 5.40. The van der Waals surface area contributed by atoms with Crippen molar-refractivity contribution >= 4 is 0 Å². The Bertz CT molecular complexity index is 368. The van der Waals surface area contributed by atoms with Crippen molar-refractivity contribution in [3.8, 4) is 0 Å². The van der Waals surface area contributed by atoms with Gasteiger partial charge in [-0.2, -0.15) is 4.98 Å². The summed E-state index contributed by atoms with van der Waals surface area (Å²) < 4.78 is 10.8. The molecule has 0 spiro atoms. The highest BCUT2D eigenvalue weighted by Gasteiger charge is 2.22. The fourth-order valence-corrected chi connectivity index (χ4v) is 2.79. The largest absolute Gasteiger partial charge is 0.381 e. The molecule has 0 aromatic carbocycles. The lowest BCUT2D eigenvalue weighted by atomic mass is 9.96. The Morgan fingerprint density at radius 3 is 2.67 bits per heavy atom. The van der Waals surface area contributed by atoms with E-state index in [1.807, 2.05) is 0 Å². The average Bonchev–Trinajstić information content (AvgIpc) is 2.89. The molecule has 0 saturated carbocycles. The quantitative estimate of drug-likeness (QED) is 0.882. The van der Waals surface area contributed by atoms with Crippen molar-refractivity contribution < 1.29 is 9.26 Å². The molecule has 5 heteroatoms. The number of ether oxygens (including phenoxy) is 1. The third kappa shape index (κ3) is 2.90. The number of hydrogen-bond acceptors (Lipinski definition) is 5. The fourth-order valence-electron chi connectivity index (χ4n) is 2.79. The molecule has 2 saturated heterocycles. The molecule has 0 amide bonds. The van der Waals surface area contributed by atoms with E-state index in [1.54, 1.807) is 0 Å². The Labute approximate surface area is 107 Å². The van der Waals surface area contributed by atoms with Gasteiger partial charge in [-0.25, -0.2) is 0 Å². The van der Waals surface area contributed by atoms with E-state index < -0.39 is 0 Å². The predicted octanol–water partition coefficient (Wildman–Crippen LogP) is 1.51. The van der Waals surface area contributed by atoms with Gasteiger partial charge in [0, 0.05) is 25.6 Å². The maximum Gasteiger partial charge on any atom is 0.226 e. The van der Waals surface area contributed by atoms with Crippen molar-refractivity contribution in [2.75, 3.05) is 26.3 Å². The van der Waals surface area contributed by atoms with Crippen molar-refractivity contribution in [1.82, 2.24) is 15.5 Å². The van der Waals surface area contributed by atoms with Gasteiger partial charge in [-0.15, -0.1) is 0 Å². The molecule has 5 nitrogen and oxygen atoms in total. The third-order valence-electron chi connectivity index (χ3n) is 3.99. The van der Waals surface area contributed by atoms with Crippen molar-refractivity contribution in [2.24, 2.45) is 5.92 Å². The van der Waals surface area contributed by atoms with Crippen LogP contribution < -0.4 is 5.32 Å². The molecule has 3 rings (SSSR count). The van der Waals surface area contributed by atoms with Gasteiger partial charge in [-0.3, -0.25) is 0 Å². The SMILES string of the molecule is C1CC(c2noc(CC3CCOCC3)n2)CCN1. The van der Waals surface area contributed by atoms with Gasteiger partial charge in [0.25, 0.3) is 0 Å². The monoisotopic (exact) mass is 251 g/mol. The minimum atomic E-state index is 0.485. The van der Waals surface area contributed by atoms with Crippen LogP contribution in [-0.4, -0.2) is 36.4 Å². The lowest BCUT2D eigenvalue weighted by molar-refractivity contribution is 0.0642. The van der Waals surface area contributed by atoms with Crippen LogP contribution in [0.5, 0.6) is 0 Å². The fraction of sp³-hybridized carbons (Fsp3) is 0.846. The first-order valence-electron chi connectivity index (χ1n) is 7.03. The Morgan fingerprint density at radius 1 is 1.11 bits per heavy atom. The summed E-state index contributed by atoms with van der Waals surface area (Å²) in [6.45, 7) is 3.88. The lowest BCUT2D eigenvalue weighted by Crippen LogP contribution is -2.27. The number of rotatable bonds is 3. The van der Waals surface area contributed by atoms with E-state index in [9.17, 15) is 0 Å². The molecule has 1 N–H and O–H groups in total. The minimum absolute atomic E-state index is 0.485. The molecular formula is C13H21N3O2. The highest BCUT2D eigenvalue weighted by Crippen LogP contribution is 2.24. The Morgan fingerprint density at radius 2 is 1.89 bits per heavy atom. The molecule has 0 radical (unpaired) electrons. The van der Waals surface area contributed by atoms with Crippen LogP contribution in [-0.2, 0) is 11.2 Å². The normalized spacial score (nSPS) is 23.3. The molecule has 100 valence electrons. The molecule has 2 fully saturated rings. The van der Waals surface area contributed by atoms with Gasteiger partial charge in [0.2, 0.25) is 5.89 Å². The number of nitrogens with one attached hydrogen (secondary N) is 1. The summed E-state index contributed by atoms with van der Waals surface area (Å²) in [4.78, 5) is 4.58. The maximum absolute atomic E-state index is 5.40. The smallest absolute Gasteiger partial charge is 0.226 e. The molecule has 0 unspecified atom stereocenters. The first-order chi connectivity index (χ1) is 8.92. The average molecular weight is 251 g/mol. The van der Waals surface area contributed by atoms with Gasteiger partial charge in [-0.1, -0.05) is 5.16 Å². The van der Waals surface area contributed by atoms with Gasteiger partial charge in [0.05, 0.1) is 0 Å². The number of aromatic nitrogens is 2. The summed E-state index contributed by atoms with van der Waals surface area (Å²) in [7, 11) is 0. The Hall–Kier alpha value is -0.940.